The third-order valence-electron chi connectivity index (χ3n) is 5.37. The number of nitrogens with one attached hydrogen (secondary N) is 1. The number of halogens is 3. The molecule has 0 bridgehead atoms. The minimum Gasteiger partial charge on any atom is -0.317 e. The van der Waals surface area contributed by atoms with Crippen LogP contribution in [0.2, 0.25) is 0 Å². The minimum atomic E-state index is -0.874. The van der Waals surface area contributed by atoms with Gasteiger partial charge in [0, 0.05) is 18.5 Å². The van der Waals surface area contributed by atoms with Gasteiger partial charge in [-0.2, -0.15) is 0 Å². The molecular formula is C16H19ClF2N2O. The first-order valence-corrected chi connectivity index (χ1v) is 7.61. The van der Waals surface area contributed by atoms with Crippen LogP contribution in [-0.4, -0.2) is 25.5 Å². The van der Waals surface area contributed by atoms with E-state index in [0.717, 1.165) is 37.9 Å². The Morgan fingerprint density at radius 2 is 1.91 bits per heavy atom. The summed E-state index contributed by atoms with van der Waals surface area (Å²) in [5.41, 5.74) is 1.47. The summed E-state index contributed by atoms with van der Waals surface area (Å²) < 4.78 is 26.7. The topological polar surface area (TPSA) is 32.3 Å². The Morgan fingerprint density at radius 1 is 1.23 bits per heavy atom. The monoisotopic (exact) mass is 328 g/mol. The Labute approximate surface area is 134 Å². The van der Waals surface area contributed by atoms with Crippen LogP contribution in [0.4, 0.5) is 14.5 Å². The van der Waals surface area contributed by atoms with Gasteiger partial charge in [-0.25, -0.2) is 8.78 Å². The number of hydrogen-bond acceptors (Lipinski definition) is 2. The fourth-order valence-corrected chi connectivity index (χ4v) is 3.97. The van der Waals surface area contributed by atoms with E-state index in [1.165, 1.54) is 12.1 Å². The van der Waals surface area contributed by atoms with Crippen LogP contribution in [0.5, 0.6) is 0 Å². The molecule has 22 heavy (non-hydrogen) atoms. The maximum Gasteiger partial charge on any atom is 0.230 e. The van der Waals surface area contributed by atoms with Crippen LogP contribution in [0.3, 0.4) is 0 Å². The average molecular weight is 329 g/mol. The summed E-state index contributed by atoms with van der Waals surface area (Å²) in [7, 11) is 0. The highest BCUT2D eigenvalue weighted by Gasteiger charge is 2.59. The Morgan fingerprint density at radius 3 is 2.64 bits per heavy atom. The summed E-state index contributed by atoms with van der Waals surface area (Å²) in [6.45, 7) is 2.49. The number of fused-ring (bicyclic) bond motifs is 1. The Kier molecular flexibility index (Phi) is 3.89. The summed E-state index contributed by atoms with van der Waals surface area (Å²) >= 11 is 0. The molecule has 1 amide bonds. The van der Waals surface area contributed by atoms with Crippen molar-refractivity contribution in [3.05, 3.63) is 29.3 Å². The molecule has 1 unspecified atom stereocenters. The maximum absolute atomic E-state index is 13.5. The van der Waals surface area contributed by atoms with E-state index in [-0.39, 0.29) is 29.6 Å². The highest BCUT2D eigenvalue weighted by atomic mass is 35.5. The molecule has 3 nitrogen and oxygen atoms in total. The number of rotatable bonds is 1. The van der Waals surface area contributed by atoms with E-state index in [4.69, 9.17) is 0 Å². The molecule has 1 atom stereocenters. The molecule has 2 fully saturated rings. The van der Waals surface area contributed by atoms with Crippen molar-refractivity contribution in [3.8, 4) is 0 Å². The molecule has 6 heteroatoms. The van der Waals surface area contributed by atoms with E-state index < -0.39 is 11.6 Å². The first kappa shape index (κ1) is 15.7. The molecule has 1 spiro atoms. The number of carbonyl (C=O) groups excluding carboxylic acids is 1. The molecule has 1 N–H and O–H groups in total. The molecule has 120 valence electrons. The van der Waals surface area contributed by atoms with Gasteiger partial charge in [-0.1, -0.05) is 0 Å². The molecule has 2 heterocycles. The third kappa shape index (κ3) is 2.31. The molecule has 1 saturated heterocycles. The zero-order chi connectivity index (χ0) is 14.6. The van der Waals surface area contributed by atoms with Gasteiger partial charge in [0.15, 0.2) is 11.6 Å². The molecule has 1 aromatic carbocycles. The van der Waals surface area contributed by atoms with Crippen molar-refractivity contribution in [2.75, 3.05) is 24.5 Å². The van der Waals surface area contributed by atoms with Crippen LogP contribution in [0.1, 0.15) is 24.8 Å². The summed E-state index contributed by atoms with van der Waals surface area (Å²) in [4.78, 5) is 14.4. The van der Waals surface area contributed by atoms with Crippen molar-refractivity contribution in [1.82, 2.24) is 5.32 Å². The van der Waals surface area contributed by atoms with Crippen LogP contribution in [0.25, 0.3) is 0 Å². The normalized spacial score (nSPS) is 24.8. The lowest BCUT2D eigenvalue weighted by Gasteiger charge is -2.25. The Bertz CT molecular complexity index is 616. The average Bonchev–Trinajstić information content (AvgIpc) is 3.01. The van der Waals surface area contributed by atoms with Crippen LogP contribution in [0, 0.1) is 23.0 Å². The van der Waals surface area contributed by atoms with Crippen molar-refractivity contribution >= 4 is 24.0 Å². The number of anilines is 1. The molecule has 2 aliphatic heterocycles. The molecule has 4 rings (SSSR count). The van der Waals surface area contributed by atoms with Crippen LogP contribution >= 0.6 is 12.4 Å². The SMILES string of the molecule is Cl.O=C(C1CC12CCNCC2)N1CCc2cc(F)c(F)cc21. The highest BCUT2D eigenvalue weighted by molar-refractivity contribution is 5.99. The van der Waals surface area contributed by atoms with Gasteiger partial charge in [0.2, 0.25) is 5.91 Å². The minimum absolute atomic E-state index is 0. The number of amides is 1. The lowest BCUT2D eigenvalue weighted by atomic mass is 9.91. The van der Waals surface area contributed by atoms with E-state index in [0.29, 0.717) is 18.7 Å². The van der Waals surface area contributed by atoms with Gasteiger partial charge >= 0.3 is 0 Å². The Balaban J connectivity index is 0.00000144. The lowest BCUT2D eigenvalue weighted by Crippen LogP contribution is -2.35. The predicted molar refractivity (Wildman–Crippen MR) is 82.3 cm³/mol. The van der Waals surface area contributed by atoms with E-state index in [9.17, 15) is 13.6 Å². The summed E-state index contributed by atoms with van der Waals surface area (Å²) in [6, 6.07) is 2.40. The molecule has 3 aliphatic rings. The lowest BCUT2D eigenvalue weighted by molar-refractivity contribution is -0.120. The molecule has 0 aromatic heterocycles. The number of piperidine rings is 1. The fraction of sp³-hybridized carbons (Fsp3) is 0.562. The third-order valence-corrected chi connectivity index (χ3v) is 5.37. The zero-order valence-electron chi connectivity index (χ0n) is 12.2. The summed E-state index contributed by atoms with van der Waals surface area (Å²) in [6.07, 6.45) is 3.65. The van der Waals surface area contributed by atoms with Crippen molar-refractivity contribution in [3.63, 3.8) is 0 Å². The standard InChI is InChI=1S/C16H18F2N2O.ClH/c17-12-7-10-1-6-20(14(10)8-13(12)18)15(21)11-9-16(11)2-4-19-5-3-16;/h7-8,11,19H,1-6,9H2;1H. The van der Waals surface area contributed by atoms with E-state index in [1.54, 1.807) is 4.90 Å². The molecule has 0 radical (unpaired) electrons. The maximum atomic E-state index is 13.5. The Hall–Kier alpha value is -1.20. The first-order valence-electron chi connectivity index (χ1n) is 7.61. The van der Waals surface area contributed by atoms with Gasteiger partial charge in [0.1, 0.15) is 0 Å². The number of hydrogen-bond donors (Lipinski definition) is 1. The number of carbonyl (C=O) groups is 1. The van der Waals surface area contributed by atoms with Crippen molar-refractivity contribution in [2.45, 2.75) is 25.7 Å². The van der Waals surface area contributed by atoms with Gasteiger partial charge in [0.25, 0.3) is 0 Å². The van der Waals surface area contributed by atoms with Crippen LogP contribution in [-0.2, 0) is 11.2 Å². The van der Waals surface area contributed by atoms with Gasteiger partial charge in [-0.3, -0.25) is 4.79 Å². The smallest absolute Gasteiger partial charge is 0.230 e. The fourth-order valence-electron chi connectivity index (χ4n) is 3.97. The largest absolute Gasteiger partial charge is 0.317 e. The molecule has 1 aromatic rings. The van der Waals surface area contributed by atoms with Crippen molar-refractivity contribution in [1.29, 1.82) is 0 Å². The summed E-state index contributed by atoms with van der Waals surface area (Å²) in [5.74, 6) is -1.54. The van der Waals surface area contributed by atoms with E-state index in [1.807, 2.05) is 0 Å². The van der Waals surface area contributed by atoms with Crippen LogP contribution in [0.15, 0.2) is 12.1 Å². The first-order chi connectivity index (χ1) is 10.1. The predicted octanol–water partition coefficient (Wildman–Crippen LogP) is 2.67. The van der Waals surface area contributed by atoms with E-state index >= 15 is 0 Å². The van der Waals surface area contributed by atoms with E-state index in [2.05, 4.69) is 5.32 Å². The summed E-state index contributed by atoms with van der Waals surface area (Å²) in [5, 5.41) is 3.32. The molecule has 1 aliphatic carbocycles. The van der Waals surface area contributed by atoms with Gasteiger partial charge in [-0.05, 0) is 55.8 Å². The highest BCUT2D eigenvalue weighted by Crippen LogP contribution is 2.59. The second-order valence-electron chi connectivity index (χ2n) is 6.50. The number of nitrogens with zero attached hydrogens (tertiary/aromatic N) is 1. The second kappa shape index (κ2) is 5.46. The second-order valence-corrected chi connectivity index (χ2v) is 6.50. The van der Waals surface area contributed by atoms with Gasteiger partial charge in [-0.15, -0.1) is 12.4 Å². The van der Waals surface area contributed by atoms with Crippen molar-refractivity contribution < 1.29 is 13.6 Å². The molecule has 1 saturated carbocycles. The molecular weight excluding hydrogens is 310 g/mol. The van der Waals surface area contributed by atoms with Gasteiger partial charge < -0.3 is 10.2 Å². The van der Waals surface area contributed by atoms with Crippen molar-refractivity contribution in [2.24, 2.45) is 11.3 Å². The zero-order valence-corrected chi connectivity index (χ0v) is 13.0. The quantitative estimate of drug-likeness (QED) is 0.859. The van der Waals surface area contributed by atoms with Gasteiger partial charge in [0.05, 0.1) is 5.69 Å². The number of benzene rings is 1. The van der Waals surface area contributed by atoms with Crippen LogP contribution < -0.4 is 10.2 Å².